The Morgan fingerprint density at radius 2 is 1.74 bits per heavy atom. The molecule has 1 atom stereocenters. The van der Waals surface area contributed by atoms with Gasteiger partial charge in [-0.2, -0.15) is 13.2 Å². The number of fused-ring (bicyclic) bond motifs is 1. The molecular formula is C19H15F6N3O3. The fourth-order valence-electron chi connectivity index (χ4n) is 2.96. The summed E-state index contributed by atoms with van der Waals surface area (Å²) in [6.45, 7) is 1.04. The molecule has 166 valence electrons. The van der Waals surface area contributed by atoms with Gasteiger partial charge in [-0.1, -0.05) is 0 Å². The molecule has 2 amide bonds. The van der Waals surface area contributed by atoms with Crippen LogP contribution in [0.15, 0.2) is 42.5 Å². The summed E-state index contributed by atoms with van der Waals surface area (Å²) in [5, 5.41) is 5.08. The zero-order valence-electron chi connectivity index (χ0n) is 15.8. The number of rotatable bonds is 4. The van der Waals surface area contributed by atoms with Gasteiger partial charge in [-0.3, -0.25) is 14.5 Å². The second-order valence-corrected chi connectivity index (χ2v) is 6.64. The van der Waals surface area contributed by atoms with Gasteiger partial charge < -0.3 is 15.4 Å². The molecule has 1 aliphatic rings. The molecule has 0 aromatic heterocycles. The molecule has 0 spiro atoms. The van der Waals surface area contributed by atoms with E-state index in [0.717, 1.165) is 35.2 Å². The van der Waals surface area contributed by atoms with Crippen LogP contribution in [0.5, 0.6) is 5.75 Å². The van der Waals surface area contributed by atoms with Gasteiger partial charge in [-0.25, -0.2) is 0 Å². The fourth-order valence-corrected chi connectivity index (χ4v) is 2.96. The lowest BCUT2D eigenvalue weighted by atomic mass is 10.1. The zero-order chi connectivity index (χ0) is 23.0. The number of anilines is 3. The number of amides is 2. The number of hydrogen-bond acceptors (Lipinski definition) is 4. The Hall–Kier alpha value is -3.44. The van der Waals surface area contributed by atoms with Crippen LogP contribution in [0, 0.1) is 0 Å². The number of carbonyl (C=O) groups is 2. The van der Waals surface area contributed by atoms with E-state index >= 15 is 0 Å². The lowest BCUT2D eigenvalue weighted by Crippen LogP contribution is -2.48. The maximum absolute atomic E-state index is 12.9. The van der Waals surface area contributed by atoms with Gasteiger partial charge in [0.05, 0.1) is 16.9 Å². The number of benzene rings is 2. The first-order valence-electron chi connectivity index (χ1n) is 8.78. The third kappa shape index (κ3) is 5.38. The van der Waals surface area contributed by atoms with Crippen molar-refractivity contribution in [3.05, 3.63) is 48.0 Å². The molecule has 0 unspecified atom stereocenters. The highest BCUT2D eigenvalue weighted by Gasteiger charge is 2.35. The second kappa shape index (κ2) is 8.00. The minimum absolute atomic E-state index is 0.0974. The Kier molecular flexibility index (Phi) is 5.74. The standard InChI is InChI=1S/C19H15F6N3O3/c1-10(26-12-3-5-13(6-4-12)31-19(23,24)25)17(30)28-9-16(29)27-14-8-11(18(20,21)22)2-7-15(14)28/h2-8,10,26H,9H2,1H3,(H,27,29)/t10-/m0/s1. The molecule has 1 aliphatic heterocycles. The summed E-state index contributed by atoms with van der Waals surface area (Å²) < 4.78 is 79.2. The Bertz CT molecular complexity index is 989. The van der Waals surface area contributed by atoms with Gasteiger partial charge in [0, 0.05) is 5.69 Å². The molecule has 1 heterocycles. The summed E-state index contributed by atoms with van der Waals surface area (Å²) in [6.07, 6.45) is -9.46. The van der Waals surface area contributed by atoms with Crippen LogP contribution in [0.4, 0.5) is 43.4 Å². The first-order chi connectivity index (χ1) is 14.3. The molecular weight excluding hydrogens is 432 g/mol. The average Bonchev–Trinajstić information content (AvgIpc) is 2.65. The molecule has 2 N–H and O–H groups in total. The summed E-state index contributed by atoms with van der Waals surface area (Å²) >= 11 is 0. The highest BCUT2D eigenvalue weighted by atomic mass is 19.4. The highest BCUT2D eigenvalue weighted by Crippen LogP contribution is 2.37. The van der Waals surface area contributed by atoms with Crippen molar-refractivity contribution in [3.63, 3.8) is 0 Å². The first-order valence-corrected chi connectivity index (χ1v) is 8.78. The molecule has 31 heavy (non-hydrogen) atoms. The highest BCUT2D eigenvalue weighted by molar-refractivity contribution is 6.11. The summed E-state index contributed by atoms with van der Waals surface area (Å²) in [5.74, 6) is -1.73. The Morgan fingerprint density at radius 3 is 2.32 bits per heavy atom. The van der Waals surface area contributed by atoms with Crippen LogP contribution >= 0.6 is 0 Å². The van der Waals surface area contributed by atoms with Gasteiger partial charge in [0.15, 0.2) is 0 Å². The SMILES string of the molecule is C[C@H](Nc1ccc(OC(F)(F)F)cc1)C(=O)N1CC(=O)Nc2cc(C(F)(F)F)ccc21. The number of nitrogens with one attached hydrogen (secondary N) is 2. The van der Waals surface area contributed by atoms with E-state index in [9.17, 15) is 35.9 Å². The van der Waals surface area contributed by atoms with Crippen molar-refractivity contribution >= 4 is 28.9 Å². The zero-order valence-corrected chi connectivity index (χ0v) is 15.8. The van der Waals surface area contributed by atoms with E-state index in [1.54, 1.807) is 0 Å². The van der Waals surface area contributed by atoms with Gasteiger partial charge in [0.2, 0.25) is 11.8 Å². The van der Waals surface area contributed by atoms with Crippen LogP contribution in [0.1, 0.15) is 12.5 Å². The first kappa shape index (κ1) is 22.2. The largest absolute Gasteiger partial charge is 0.573 e. The van der Waals surface area contributed by atoms with Crippen molar-refractivity contribution < 1.29 is 40.7 Å². The van der Waals surface area contributed by atoms with Crippen molar-refractivity contribution in [3.8, 4) is 5.75 Å². The second-order valence-electron chi connectivity index (χ2n) is 6.64. The van der Waals surface area contributed by atoms with E-state index in [2.05, 4.69) is 15.4 Å². The molecule has 0 saturated heterocycles. The van der Waals surface area contributed by atoms with E-state index in [1.807, 2.05) is 0 Å². The van der Waals surface area contributed by atoms with Crippen LogP contribution in [0.2, 0.25) is 0 Å². The van der Waals surface area contributed by atoms with Gasteiger partial charge in [0.25, 0.3) is 0 Å². The molecule has 0 radical (unpaired) electrons. The van der Waals surface area contributed by atoms with Gasteiger partial charge >= 0.3 is 12.5 Å². The van der Waals surface area contributed by atoms with Gasteiger partial charge in [0.1, 0.15) is 18.3 Å². The Morgan fingerprint density at radius 1 is 1.10 bits per heavy atom. The lowest BCUT2D eigenvalue weighted by Gasteiger charge is -2.32. The van der Waals surface area contributed by atoms with Gasteiger partial charge in [-0.15, -0.1) is 13.2 Å². The van der Waals surface area contributed by atoms with Crippen molar-refractivity contribution in [2.24, 2.45) is 0 Å². The molecule has 6 nitrogen and oxygen atoms in total. The smallest absolute Gasteiger partial charge is 0.406 e. The summed E-state index contributed by atoms with van der Waals surface area (Å²) in [5.41, 5.74) is -0.738. The lowest BCUT2D eigenvalue weighted by molar-refractivity contribution is -0.274. The molecule has 0 fully saturated rings. The summed E-state index contributed by atoms with van der Waals surface area (Å²) in [7, 11) is 0. The van der Waals surface area contributed by atoms with E-state index in [-0.39, 0.29) is 11.4 Å². The number of ether oxygens (including phenoxy) is 1. The average molecular weight is 447 g/mol. The van der Waals surface area contributed by atoms with Crippen LogP contribution in [-0.2, 0) is 15.8 Å². The third-order valence-electron chi connectivity index (χ3n) is 4.30. The number of nitrogens with zero attached hydrogens (tertiary/aromatic N) is 1. The normalized spacial score (nSPS) is 15.1. The molecule has 0 aliphatic carbocycles. The van der Waals surface area contributed by atoms with Crippen molar-refractivity contribution in [2.45, 2.75) is 25.5 Å². The molecule has 2 aromatic carbocycles. The quantitative estimate of drug-likeness (QED) is 0.683. The molecule has 12 heteroatoms. The maximum atomic E-state index is 12.9. The van der Waals surface area contributed by atoms with Crippen LogP contribution < -0.4 is 20.3 Å². The number of alkyl halides is 6. The molecule has 2 aromatic rings. The minimum atomic E-state index is -4.84. The molecule has 0 bridgehead atoms. The van der Waals surface area contributed by atoms with E-state index in [4.69, 9.17) is 0 Å². The summed E-state index contributed by atoms with van der Waals surface area (Å²) in [4.78, 5) is 25.8. The minimum Gasteiger partial charge on any atom is -0.406 e. The Labute approximate surface area is 171 Å². The van der Waals surface area contributed by atoms with Gasteiger partial charge in [-0.05, 0) is 49.4 Å². The van der Waals surface area contributed by atoms with Crippen molar-refractivity contribution in [1.82, 2.24) is 0 Å². The fraction of sp³-hybridized carbons (Fsp3) is 0.263. The molecule has 0 saturated carbocycles. The predicted octanol–water partition coefficient (Wildman–Crippen LogP) is 4.39. The van der Waals surface area contributed by atoms with Crippen LogP contribution in [-0.4, -0.2) is 30.8 Å². The molecule has 3 rings (SSSR count). The summed E-state index contributed by atoms with van der Waals surface area (Å²) in [6, 6.07) is 6.30. The maximum Gasteiger partial charge on any atom is 0.573 e. The Balaban J connectivity index is 1.76. The number of halogens is 6. The van der Waals surface area contributed by atoms with Crippen LogP contribution in [0.25, 0.3) is 0 Å². The van der Waals surface area contributed by atoms with Crippen molar-refractivity contribution in [2.75, 3.05) is 22.1 Å². The monoisotopic (exact) mass is 447 g/mol. The topological polar surface area (TPSA) is 70.7 Å². The number of carbonyl (C=O) groups excluding carboxylic acids is 2. The number of hydrogen-bond donors (Lipinski definition) is 2. The van der Waals surface area contributed by atoms with E-state index < -0.39 is 48.3 Å². The van der Waals surface area contributed by atoms with Crippen LogP contribution in [0.3, 0.4) is 0 Å². The van der Waals surface area contributed by atoms with E-state index in [0.29, 0.717) is 5.69 Å². The van der Waals surface area contributed by atoms with E-state index in [1.165, 1.54) is 19.1 Å². The predicted molar refractivity (Wildman–Crippen MR) is 98.6 cm³/mol. The third-order valence-corrected chi connectivity index (χ3v) is 4.30. The van der Waals surface area contributed by atoms with Crippen molar-refractivity contribution in [1.29, 1.82) is 0 Å².